The van der Waals surface area contributed by atoms with Crippen LogP contribution in [0.3, 0.4) is 0 Å². The molecule has 0 saturated carbocycles. The predicted molar refractivity (Wildman–Crippen MR) is 86.2 cm³/mol. The summed E-state index contributed by atoms with van der Waals surface area (Å²) < 4.78 is 3.12. The van der Waals surface area contributed by atoms with Crippen LogP contribution in [0, 0.1) is 6.92 Å². The first kappa shape index (κ1) is 15.2. The van der Waals surface area contributed by atoms with E-state index in [2.05, 4.69) is 26.6 Å². The number of nitrogens with one attached hydrogen (secondary N) is 1. The van der Waals surface area contributed by atoms with E-state index in [-0.39, 0.29) is 18.4 Å². The van der Waals surface area contributed by atoms with Gasteiger partial charge in [0.05, 0.1) is 17.8 Å². The zero-order valence-corrected chi connectivity index (χ0v) is 13.2. The van der Waals surface area contributed by atoms with Crippen LogP contribution in [0.25, 0.3) is 0 Å². The minimum Gasteiger partial charge on any atom is -0.292 e. The van der Waals surface area contributed by atoms with Crippen LogP contribution in [0.15, 0.2) is 43.0 Å². The topological polar surface area (TPSA) is 77.6 Å². The first-order valence-corrected chi connectivity index (χ1v) is 7.39. The normalized spacial score (nSPS) is 10.7. The summed E-state index contributed by atoms with van der Waals surface area (Å²) in [5.41, 5.74) is 2.31. The molecule has 0 spiro atoms. The van der Waals surface area contributed by atoms with Gasteiger partial charge >= 0.3 is 0 Å². The van der Waals surface area contributed by atoms with Crippen LogP contribution in [-0.2, 0) is 17.9 Å². The molecule has 8 heteroatoms. The van der Waals surface area contributed by atoms with Crippen molar-refractivity contribution < 1.29 is 4.79 Å². The second kappa shape index (κ2) is 6.62. The van der Waals surface area contributed by atoms with E-state index in [1.165, 1.54) is 16.4 Å². The van der Waals surface area contributed by atoms with Crippen molar-refractivity contribution in [1.29, 1.82) is 0 Å². The predicted octanol–water partition coefficient (Wildman–Crippen LogP) is 2.12. The maximum Gasteiger partial charge on any atom is 0.248 e. The fourth-order valence-corrected chi connectivity index (χ4v) is 2.32. The molecule has 2 aromatic heterocycles. The summed E-state index contributed by atoms with van der Waals surface area (Å²) in [5.74, 6) is -0.000946. The van der Waals surface area contributed by atoms with Gasteiger partial charge in [-0.1, -0.05) is 41.4 Å². The molecule has 1 amide bonds. The van der Waals surface area contributed by atoms with Gasteiger partial charge in [-0.05, 0) is 12.5 Å². The molecule has 1 N–H and O–H groups in total. The minimum atomic E-state index is -0.266. The van der Waals surface area contributed by atoms with Crippen LogP contribution >= 0.6 is 11.6 Å². The number of rotatable bonds is 5. The van der Waals surface area contributed by atoms with Gasteiger partial charge < -0.3 is 0 Å². The molecule has 0 fully saturated rings. The van der Waals surface area contributed by atoms with Gasteiger partial charge in [0.2, 0.25) is 11.9 Å². The number of aromatic nitrogens is 5. The highest BCUT2D eigenvalue weighted by Crippen LogP contribution is 2.07. The standard InChI is InChI=1S/C15H15ClN6O/c1-11-3-2-4-12(5-11)7-22-10-17-15(20-22)19-14(23)9-21-8-13(16)6-18-21/h2-6,8,10H,7,9H2,1H3,(H,19,20,23). The van der Waals surface area contributed by atoms with Gasteiger partial charge in [0.1, 0.15) is 12.9 Å². The van der Waals surface area contributed by atoms with Crippen molar-refractivity contribution in [1.82, 2.24) is 24.5 Å². The smallest absolute Gasteiger partial charge is 0.248 e. The highest BCUT2D eigenvalue weighted by atomic mass is 35.5. The summed E-state index contributed by atoms with van der Waals surface area (Å²) >= 11 is 5.75. The van der Waals surface area contributed by atoms with Crippen molar-refractivity contribution in [3.8, 4) is 0 Å². The maximum atomic E-state index is 11.9. The van der Waals surface area contributed by atoms with E-state index in [0.717, 1.165) is 5.56 Å². The van der Waals surface area contributed by atoms with Gasteiger partial charge in [0.15, 0.2) is 0 Å². The van der Waals surface area contributed by atoms with E-state index in [0.29, 0.717) is 11.6 Å². The van der Waals surface area contributed by atoms with Crippen LogP contribution in [0.1, 0.15) is 11.1 Å². The summed E-state index contributed by atoms with van der Waals surface area (Å²) in [4.78, 5) is 16.0. The highest BCUT2D eigenvalue weighted by Gasteiger charge is 2.08. The molecule has 118 valence electrons. The number of hydrogen-bond donors (Lipinski definition) is 1. The second-order valence-corrected chi connectivity index (χ2v) is 5.60. The lowest BCUT2D eigenvalue weighted by Crippen LogP contribution is -2.19. The second-order valence-electron chi connectivity index (χ2n) is 5.16. The number of carbonyl (C=O) groups is 1. The Hall–Kier alpha value is -2.67. The summed E-state index contributed by atoms with van der Waals surface area (Å²) in [6.45, 7) is 2.69. The Morgan fingerprint density at radius 2 is 2.22 bits per heavy atom. The molecule has 0 bridgehead atoms. The van der Waals surface area contributed by atoms with E-state index in [1.54, 1.807) is 17.2 Å². The number of halogens is 1. The van der Waals surface area contributed by atoms with Gasteiger partial charge in [-0.3, -0.25) is 14.8 Å². The Kier molecular flexibility index (Phi) is 4.38. The van der Waals surface area contributed by atoms with E-state index >= 15 is 0 Å². The molecular formula is C15H15ClN6O. The summed E-state index contributed by atoms with van der Waals surface area (Å²) in [7, 11) is 0. The lowest BCUT2D eigenvalue weighted by Gasteiger charge is -2.03. The van der Waals surface area contributed by atoms with Crippen LogP contribution in [0.5, 0.6) is 0 Å². The van der Waals surface area contributed by atoms with Gasteiger partial charge in [0, 0.05) is 6.20 Å². The van der Waals surface area contributed by atoms with Crippen LogP contribution in [0.2, 0.25) is 5.02 Å². The van der Waals surface area contributed by atoms with Crippen LogP contribution in [0.4, 0.5) is 5.95 Å². The van der Waals surface area contributed by atoms with Crippen molar-refractivity contribution in [2.45, 2.75) is 20.0 Å². The zero-order chi connectivity index (χ0) is 16.2. The molecule has 0 radical (unpaired) electrons. The van der Waals surface area contributed by atoms with E-state index in [1.807, 2.05) is 25.1 Å². The van der Waals surface area contributed by atoms with E-state index < -0.39 is 0 Å². The first-order valence-electron chi connectivity index (χ1n) is 7.01. The van der Waals surface area contributed by atoms with Crippen LogP contribution in [-0.4, -0.2) is 30.5 Å². The molecule has 1 aromatic carbocycles. The number of hydrogen-bond acceptors (Lipinski definition) is 4. The Labute approximate surface area is 137 Å². The molecule has 2 heterocycles. The zero-order valence-electron chi connectivity index (χ0n) is 12.5. The van der Waals surface area contributed by atoms with Gasteiger partial charge in [-0.2, -0.15) is 5.10 Å². The molecule has 3 rings (SSSR count). The van der Waals surface area contributed by atoms with E-state index in [4.69, 9.17) is 11.6 Å². The Morgan fingerprint density at radius 1 is 1.35 bits per heavy atom. The molecule has 3 aromatic rings. The lowest BCUT2D eigenvalue weighted by molar-refractivity contribution is -0.116. The van der Waals surface area contributed by atoms with Gasteiger partial charge in [-0.15, -0.1) is 5.10 Å². The molecule has 0 aliphatic carbocycles. The molecular weight excluding hydrogens is 316 g/mol. The highest BCUT2D eigenvalue weighted by molar-refractivity contribution is 6.30. The largest absolute Gasteiger partial charge is 0.292 e. The molecule has 0 aliphatic rings. The minimum absolute atomic E-state index is 0.0547. The molecule has 23 heavy (non-hydrogen) atoms. The fourth-order valence-electron chi connectivity index (χ4n) is 2.16. The Balaban J connectivity index is 1.59. The van der Waals surface area contributed by atoms with Crippen molar-refractivity contribution in [3.63, 3.8) is 0 Å². The first-order chi connectivity index (χ1) is 11.1. The lowest BCUT2D eigenvalue weighted by atomic mass is 10.1. The number of anilines is 1. The fraction of sp³-hybridized carbons (Fsp3) is 0.200. The molecule has 7 nitrogen and oxygen atoms in total. The molecule has 0 unspecified atom stereocenters. The third-order valence-corrected chi connectivity index (χ3v) is 3.32. The summed E-state index contributed by atoms with van der Waals surface area (Å²) in [6.07, 6.45) is 4.64. The number of aryl methyl sites for hydroxylation is 1. The quantitative estimate of drug-likeness (QED) is 0.777. The Bertz CT molecular complexity index is 825. The van der Waals surface area contributed by atoms with Gasteiger partial charge in [0.25, 0.3) is 0 Å². The number of benzene rings is 1. The van der Waals surface area contributed by atoms with Gasteiger partial charge in [-0.25, -0.2) is 9.67 Å². The van der Waals surface area contributed by atoms with Crippen molar-refractivity contribution in [3.05, 3.63) is 59.1 Å². The summed E-state index contributed by atoms with van der Waals surface area (Å²) in [5, 5.41) is 11.3. The maximum absolute atomic E-state index is 11.9. The molecule has 0 atom stereocenters. The monoisotopic (exact) mass is 330 g/mol. The third kappa shape index (κ3) is 4.17. The number of amides is 1. The number of carbonyl (C=O) groups excluding carboxylic acids is 1. The molecule has 0 aliphatic heterocycles. The van der Waals surface area contributed by atoms with Crippen molar-refractivity contribution in [2.75, 3.05) is 5.32 Å². The van der Waals surface area contributed by atoms with Crippen molar-refractivity contribution >= 4 is 23.5 Å². The average Bonchev–Trinajstić information content (AvgIpc) is 3.08. The van der Waals surface area contributed by atoms with E-state index in [9.17, 15) is 4.79 Å². The number of nitrogens with zero attached hydrogens (tertiary/aromatic N) is 5. The Morgan fingerprint density at radius 3 is 2.96 bits per heavy atom. The average molecular weight is 331 g/mol. The summed E-state index contributed by atoms with van der Waals surface area (Å²) in [6, 6.07) is 8.15. The molecule has 0 saturated heterocycles. The van der Waals surface area contributed by atoms with Crippen molar-refractivity contribution in [2.24, 2.45) is 0 Å². The SMILES string of the molecule is Cc1cccc(Cn2cnc(NC(=O)Cn3cc(Cl)cn3)n2)c1. The van der Waals surface area contributed by atoms with Crippen LogP contribution < -0.4 is 5.32 Å². The third-order valence-electron chi connectivity index (χ3n) is 3.12.